The van der Waals surface area contributed by atoms with Crippen LogP contribution in [-0.4, -0.2) is 9.55 Å². The van der Waals surface area contributed by atoms with Gasteiger partial charge in [0.05, 0.1) is 28.2 Å². The van der Waals surface area contributed by atoms with Crippen molar-refractivity contribution in [3.8, 4) is 39.1 Å². The summed E-state index contributed by atoms with van der Waals surface area (Å²) >= 11 is 0. The molecule has 224 valence electrons. The van der Waals surface area contributed by atoms with Gasteiger partial charge in [0.1, 0.15) is 0 Å². The predicted octanol–water partition coefficient (Wildman–Crippen LogP) is 11.8. The van der Waals surface area contributed by atoms with Gasteiger partial charge in [0, 0.05) is 21.8 Å². The number of hydrogen-bond donors (Lipinski definition) is 0. The summed E-state index contributed by atoms with van der Waals surface area (Å²) in [6.07, 6.45) is 0. The van der Waals surface area contributed by atoms with E-state index in [0.717, 1.165) is 11.2 Å². The number of hydrogen-bond acceptors (Lipinski definition) is 1. The van der Waals surface area contributed by atoms with Crippen LogP contribution in [0.15, 0.2) is 176 Å². The topological polar surface area (TPSA) is 17.8 Å². The molecule has 48 heavy (non-hydrogen) atoms. The molecule has 0 spiro atoms. The van der Waals surface area contributed by atoms with E-state index < -0.39 is 0 Å². The molecule has 0 saturated carbocycles. The summed E-state index contributed by atoms with van der Waals surface area (Å²) in [5.74, 6) is 0.0589. The van der Waals surface area contributed by atoms with E-state index in [-0.39, 0.29) is 5.92 Å². The molecule has 0 saturated heterocycles. The second-order valence-corrected chi connectivity index (χ2v) is 12.7. The highest BCUT2D eigenvalue weighted by molar-refractivity contribution is 6.10. The summed E-state index contributed by atoms with van der Waals surface area (Å²) in [4.78, 5) is 5.31. The van der Waals surface area contributed by atoms with Crippen molar-refractivity contribution in [3.05, 3.63) is 193 Å². The van der Waals surface area contributed by atoms with Crippen LogP contribution >= 0.6 is 0 Å². The second kappa shape index (κ2) is 10.7. The molecule has 0 aliphatic heterocycles. The van der Waals surface area contributed by atoms with E-state index in [1.54, 1.807) is 0 Å². The zero-order valence-electron chi connectivity index (χ0n) is 26.2. The van der Waals surface area contributed by atoms with Gasteiger partial charge in [0.2, 0.25) is 0 Å². The largest absolute Gasteiger partial charge is 0.309 e. The van der Waals surface area contributed by atoms with Crippen molar-refractivity contribution in [2.75, 3.05) is 0 Å². The number of pyridine rings is 1. The smallest absolute Gasteiger partial charge is 0.0711 e. The van der Waals surface area contributed by atoms with Gasteiger partial charge in [-0.25, -0.2) is 0 Å². The Balaban J connectivity index is 1.14. The van der Waals surface area contributed by atoms with Crippen LogP contribution in [0.2, 0.25) is 0 Å². The Labute approximate surface area is 279 Å². The Kier molecular flexibility index (Phi) is 5.97. The number of rotatable bonds is 4. The van der Waals surface area contributed by atoms with Crippen LogP contribution in [0.3, 0.4) is 0 Å². The molecule has 2 heteroatoms. The van der Waals surface area contributed by atoms with Gasteiger partial charge in [-0.15, -0.1) is 0 Å². The molecular weight excluding hydrogens is 581 g/mol. The van der Waals surface area contributed by atoms with Crippen molar-refractivity contribution in [1.82, 2.24) is 9.55 Å². The molecule has 0 radical (unpaired) electrons. The number of para-hydroxylation sites is 3. The Morgan fingerprint density at radius 3 is 1.92 bits per heavy atom. The average Bonchev–Trinajstić information content (AvgIpc) is 3.67. The van der Waals surface area contributed by atoms with Gasteiger partial charge in [0.25, 0.3) is 0 Å². The number of aromatic nitrogens is 2. The van der Waals surface area contributed by atoms with E-state index in [1.165, 1.54) is 77.4 Å². The van der Waals surface area contributed by atoms with Crippen LogP contribution in [-0.2, 0) is 0 Å². The lowest BCUT2D eigenvalue weighted by molar-refractivity contribution is 0.959. The maximum absolute atomic E-state index is 5.31. The summed E-state index contributed by atoms with van der Waals surface area (Å²) in [6, 6.07) is 63.7. The molecule has 1 aliphatic carbocycles. The fraction of sp³-hybridized carbons (Fsp3) is 0.0217. The first-order valence-electron chi connectivity index (χ1n) is 16.6. The van der Waals surface area contributed by atoms with E-state index >= 15 is 0 Å². The van der Waals surface area contributed by atoms with Crippen LogP contribution in [0.1, 0.15) is 22.7 Å². The Morgan fingerprint density at radius 2 is 1.04 bits per heavy atom. The molecule has 7 aromatic carbocycles. The Morgan fingerprint density at radius 1 is 0.396 bits per heavy atom. The minimum atomic E-state index is 0.0589. The van der Waals surface area contributed by atoms with Crippen molar-refractivity contribution in [1.29, 1.82) is 0 Å². The van der Waals surface area contributed by atoms with Gasteiger partial charge in [-0.2, -0.15) is 0 Å². The summed E-state index contributed by atoms with van der Waals surface area (Å²) in [5.41, 5.74) is 15.8. The molecule has 1 aliphatic rings. The fourth-order valence-corrected chi connectivity index (χ4v) is 7.91. The fourth-order valence-electron chi connectivity index (χ4n) is 7.91. The average molecular weight is 611 g/mol. The van der Waals surface area contributed by atoms with Gasteiger partial charge >= 0.3 is 0 Å². The van der Waals surface area contributed by atoms with Gasteiger partial charge in [-0.05, 0) is 93.0 Å². The quantitative estimate of drug-likeness (QED) is 0.194. The molecule has 10 rings (SSSR count). The normalized spacial score (nSPS) is 13.6. The monoisotopic (exact) mass is 610 g/mol. The van der Waals surface area contributed by atoms with E-state index in [0.29, 0.717) is 0 Å². The standard InChI is InChI=1S/C46H30N2/c1-3-13-30(14-4-1)39-29-43(47-42-21-11-9-18-35(39)42)46-37-20-8-7-17-34(37)40-27-31(23-25-38(40)46)32-24-26-45-41(28-32)36-19-10-12-22-44(36)48(45)33-15-5-2-6-16-33/h1-29,46H. The number of nitrogens with zero attached hydrogens (tertiary/aromatic N) is 2. The first-order chi connectivity index (χ1) is 23.8. The van der Waals surface area contributed by atoms with Crippen LogP contribution in [0.4, 0.5) is 0 Å². The van der Waals surface area contributed by atoms with Gasteiger partial charge in [0.15, 0.2) is 0 Å². The van der Waals surface area contributed by atoms with Crippen molar-refractivity contribution in [2.24, 2.45) is 0 Å². The third-order valence-electron chi connectivity index (χ3n) is 10.1. The predicted molar refractivity (Wildman–Crippen MR) is 200 cm³/mol. The molecule has 2 heterocycles. The van der Waals surface area contributed by atoms with Crippen molar-refractivity contribution in [2.45, 2.75) is 5.92 Å². The van der Waals surface area contributed by atoms with E-state index in [1.807, 2.05) is 0 Å². The molecule has 2 aromatic heterocycles. The molecule has 9 aromatic rings. The van der Waals surface area contributed by atoms with E-state index in [4.69, 9.17) is 4.98 Å². The zero-order valence-corrected chi connectivity index (χ0v) is 26.2. The van der Waals surface area contributed by atoms with Crippen molar-refractivity contribution in [3.63, 3.8) is 0 Å². The van der Waals surface area contributed by atoms with Gasteiger partial charge in [-0.1, -0.05) is 127 Å². The van der Waals surface area contributed by atoms with Crippen molar-refractivity contribution < 1.29 is 0 Å². The van der Waals surface area contributed by atoms with Gasteiger partial charge in [-0.3, -0.25) is 4.98 Å². The first kappa shape index (κ1) is 26.9. The molecule has 0 N–H and O–H groups in total. The number of fused-ring (bicyclic) bond motifs is 7. The molecule has 0 bridgehead atoms. The molecule has 0 amide bonds. The molecular formula is C46H30N2. The second-order valence-electron chi connectivity index (χ2n) is 12.7. The maximum atomic E-state index is 5.31. The first-order valence-corrected chi connectivity index (χ1v) is 16.6. The molecule has 1 unspecified atom stereocenters. The van der Waals surface area contributed by atoms with Crippen LogP contribution in [0, 0.1) is 0 Å². The minimum Gasteiger partial charge on any atom is -0.309 e. The molecule has 0 fully saturated rings. The van der Waals surface area contributed by atoms with Crippen LogP contribution in [0.5, 0.6) is 0 Å². The lowest BCUT2D eigenvalue weighted by atomic mass is 9.89. The Hall–Kier alpha value is -6.25. The van der Waals surface area contributed by atoms with Crippen LogP contribution in [0.25, 0.3) is 71.8 Å². The third-order valence-corrected chi connectivity index (χ3v) is 10.1. The van der Waals surface area contributed by atoms with Crippen molar-refractivity contribution >= 4 is 32.7 Å². The third kappa shape index (κ3) is 4.09. The van der Waals surface area contributed by atoms with Crippen LogP contribution < -0.4 is 0 Å². The maximum Gasteiger partial charge on any atom is 0.0711 e. The highest BCUT2D eigenvalue weighted by Crippen LogP contribution is 2.49. The highest BCUT2D eigenvalue weighted by Gasteiger charge is 2.31. The highest BCUT2D eigenvalue weighted by atomic mass is 15.0. The zero-order chi connectivity index (χ0) is 31.6. The van der Waals surface area contributed by atoms with Gasteiger partial charge < -0.3 is 4.57 Å². The summed E-state index contributed by atoms with van der Waals surface area (Å²) in [7, 11) is 0. The summed E-state index contributed by atoms with van der Waals surface area (Å²) in [5, 5.41) is 3.71. The molecule has 1 atom stereocenters. The Bertz CT molecular complexity index is 2670. The van der Waals surface area contributed by atoms with E-state index in [2.05, 4.69) is 180 Å². The lowest BCUT2D eigenvalue weighted by Gasteiger charge is -2.17. The minimum absolute atomic E-state index is 0.0589. The number of benzene rings is 7. The summed E-state index contributed by atoms with van der Waals surface area (Å²) < 4.78 is 2.37. The lowest BCUT2D eigenvalue weighted by Crippen LogP contribution is -2.03. The van der Waals surface area contributed by atoms with E-state index in [9.17, 15) is 0 Å². The molecule has 2 nitrogen and oxygen atoms in total. The SMILES string of the molecule is c1ccc(-c2cc(C3c4ccccc4-c4cc(-c5ccc6c(c5)c5ccccc5n6-c5ccccc5)ccc43)nc3ccccc23)cc1. The summed E-state index contributed by atoms with van der Waals surface area (Å²) in [6.45, 7) is 0.